The molecule has 1 aliphatic carbocycles. The van der Waals surface area contributed by atoms with E-state index in [0.29, 0.717) is 11.8 Å². The van der Waals surface area contributed by atoms with Crippen molar-refractivity contribution in [2.45, 2.75) is 35.9 Å². The van der Waals surface area contributed by atoms with Crippen LogP contribution in [0.15, 0.2) is 34.3 Å². The van der Waals surface area contributed by atoms with E-state index in [4.69, 9.17) is 0 Å². The molecular weight excluding hydrogens is 348 g/mol. The SMILES string of the molecule is Cc1nnc(SCCN2C(=O)c3ccccc3S2(=O)=O)n1C1CC1. The zero-order valence-corrected chi connectivity index (χ0v) is 14.7. The number of nitrogens with zero attached hydrogens (tertiary/aromatic N) is 4. The lowest BCUT2D eigenvalue weighted by molar-refractivity contribution is 0.0876. The number of carbonyl (C=O) groups excluding carboxylic acids is 1. The molecule has 126 valence electrons. The van der Waals surface area contributed by atoms with Crippen molar-refractivity contribution in [3.8, 4) is 0 Å². The molecule has 1 aromatic heterocycles. The van der Waals surface area contributed by atoms with Gasteiger partial charge in [-0.25, -0.2) is 12.7 Å². The Morgan fingerprint density at radius 1 is 1.25 bits per heavy atom. The summed E-state index contributed by atoms with van der Waals surface area (Å²) < 4.78 is 28.0. The Morgan fingerprint density at radius 3 is 2.71 bits per heavy atom. The lowest BCUT2D eigenvalue weighted by Crippen LogP contribution is -2.32. The fraction of sp³-hybridized carbons (Fsp3) is 0.400. The molecule has 2 aliphatic rings. The Morgan fingerprint density at radius 2 is 2.00 bits per heavy atom. The summed E-state index contributed by atoms with van der Waals surface area (Å²) in [5.41, 5.74) is 0.250. The highest BCUT2D eigenvalue weighted by atomic mass is 32.2. The van der Waals surface area contributed by atoms with Crippen LogP contribution in [-0.2, 0) is 10.0 Å². The number of hydrogen-bond donors (Lipinski definition) is 0. The van der Waals surface area contributed by atoms with Gasteiger partial charge in [-0.05, 0) is 31.9 Å². The Bertz CT molecular complexity index is 919. The summed E-state index contributed by atoms with van der Waals surface area (Å²) in [4.78, 5) is 12.4. The first-order valence-corrected chi connectivity index (χ1v) is 10.1. The lowest BCUT2D eigenvalue weighted by atomic mass is 10.2. The van der Waals surface area contributed by atoms with Gasteiger partial charge in [0, 0.05) is 18.3 Å². The van der Waals surface area contributed by atoms with Crippen LogP contribution >= 0.6 is 11.8 Å². The van der Waals surface area contributed by atoms with Crippen molar-refractivity contribution in [3.63, 3.8) is 0 Å². The molecule has 1 fully saturated rings. The molecule has 1 aromatic carbocycles. The van der Waals surface area contributed by atoms with Crippen molar-refractivity contribution in [1.82, 2.24) is 19.1 Å². The number of carbonyl (C=O) groups is 1. The molecule has 1 aliphatic heterocycles. The van der Waals surface area contributed by atoms with Crippen LogP contribution < -0.4 is 0 Å². The second kappa shape index (κ2) is 5.59. The van der Waals surface area contributed by atoms with Gasteiger partial charge in [-0.2, -0.15) is 0 Å². The fourth-order valence-electron chi connectivity index (χ4n) is 2.87. The first-order chi connectivity index (χ1) is 11.5. The van der Waals surface area contributed by atoms with E-state index in [1.807, 2.05) is 6.92 Å². The largest absolute Gasteiger partial charge is 0.303 e. The molecule has 1 amide bonds. The van der Waals surface area contributed by atoms with Crippen molar-refractivity contribution < 1.29 is 13.2 Å². The van der Waals surface area contributed by atoms with Gasteiger partial charge in [0.2, 0.25) is 0 Å². The number of thioether (sulfide) groups is 1. The maximum atomic E-state index is 12.5. The predicted octanol–water partition coefficient (Wildman–Crippen LogP) is 1.86. The molecule has 9 heteroatoms. The Hall–Kier alpha value is -1.87. The number of aryl methyl sites for hydroxylation is 1. The van der Waals surface area contributed by atoms with Crippen molar-refractivity contribution in [1.29, 1.82) is 0 Å². The third kappa shape index (κ3) is 2.42. The maximum absolute atomic E-state index is 12.5. The van der Waals surface area contributed by atoms with Gasteiger partial charge in [-0.15, -0.1) is 10.2 Å². The molecule has 0 radical (unpaired) electrons. The summed E-state index contributed by atoms with van der Waals surface area (Å²) >= 11 is 1.44. The van der Waals surface area contributed by atoms with Crippen LogP contribution in [0.25, 0.3) is 0 Å². The first kappa shape index (κ1) is 15.6. The van der Waals surface area contributed by atoms with Crippen molar-refractivity contribution in [2.75, 3.05) is 12.3 Å². The Balaban J connectivity index is 1.49. The molecule has 0 unspecified atom stereocenters. The molecule has 0 bridgehead atoms. The topological polar surface area (TPSA) is 85.2 Å². The van der Waals surface area contributed by atoms with E-state index in [1.54, 1.807) is 18.2 Å². The van der Waals surface area contributed by atoms with Crippen LogP contribution in [0.1, 0.15) is 35.1 Å². The van der Waals surface area contributed by atoms with Gasteiger partial charge in [0.15, 0.2) is 5.16 Å². The average Bonchev–Trinajstić information content (AvgIpc) is 3.30. The molecule has 2 heterocycles. The van der Waals surface area contributed by atoms with Crippen LogP contribution in [0.5, 0.6) is 0 Å². The van der Waals surface area contributed by atoms with Crippen LogP contribution in [0, 0.1) is 6.92 Å². The number of hydrogen-bond acceptors (Lipinski definition) is 6. The average molecular weight is 364 g/mol. The molecule has 0 N–H and O–H groups in total. The van der Waals surface area contributed by atoms with Gasteiger partial charge < -0.3 is 4.57 Å². The minimum atomic E-state index is -3.73. The quantitative estimate of drug-likeness (QED) is 0.753. The monoisotopic (exact) mass is 364 g/mol. The van der Waals surface area contributed by atoms with Gasteiger partial charge in [-0.3, -0.25) is 4.79 Å². The number of sulfonamides is 1. The van der Waals surface area contributed by atoms with Gasteiger partial charge in [0.25, 0.3) is 15.9 Å². The number of fused-ring (bicyclic) bond motifs is 1. The van der Waals surface area contributed by atoms with Crippen molar-refractivity contribution in [2.24, 2.45) is 0 Å². The van der Waals surface area contributed by atoms with Crippen LogP contribution in [0.2, 0.25) is 0 Å². The van der Waals surface area contributed by atoms with E-state index in [1.165, 1.54) is 17.8 Å². The molecule has 7 nitrogen and oxygen atoms in total. The first-order valence-electron chi connectivity index (χ1n) is 7.70. The molecule has 0 spiro atoms. The summed E-state index contributed by atoms with van der Waals surface area (Å²) in [6, 6.07) is 6.79. The second-order valence-electron chi connectivity index (χ2n) is 5.86. The summed E-state index contributed by atoms with van der Waals surface area (Å²) in [6.45, 7) is 2.04. The van der Waals surface area contributed by atoms with Crippen molar-refractivity contribution in [3.05, 3.63) is 35.7 Å². The smallest absolute Gasteiger partial charge is 0.269 e. The van der Waals surface area contributed by atoms with E-state index in [-0.39, 0.29) is 17.0 Å². The molecule has 4 rings (SSSR count). The van der Waals surface area contributed by atoms with Crippen molar-refractivity contribution >= 4 is 27.7 Å². The number of aromatic nitrogens is 3. The highest BCUT2D eigenvalue weighted by Crippen LogP contribution is 2.38. The number of benzene rings is 1. The third-order valence-corrected chi connectivity index (χ3v) is 6.95. The fourth-order valence-corrected chi connectivity index (χ4v) is 5.53. The lowest BCUT2D eigenvalue weighted by Gasteiger charge is -2.14. The van der Waals surface area contributed by atoms with E-state index in [9.17, 15) is 13.2 Å². The zero-order chi connectivity index (χ0) is 16.9. The zero-order valence-electron chi connectivity index (χ0n) is 13.0. The van der Waals surface area contributed by atoms with E-state index in [2.05, 4.69) is 14.8 Å². The summed E-state index contributed by atoms with van der Waals surface area (Å²) in [5.74, 6) is 0.868. The summed E-state index contributed by atoms with van der Waals surface area (Å²) in [5, 5.41) is 9.05. The minimum Gasteiger partial charge on any atom is -0.303 e. The normalized spacial score (nSPS) is 18.9. The molecule has 1 saturated carbocycles. The molecule has 24 heavy (non-hydrogen) atoms. The summed E-state index contributed by atoms with van der Waals surface area (Å²) in [7, 11) is -3.73. The molecular formula is C15H16N4O3S2. The van der Waals surface area contributed by atoms with Gasteiger partial charge in [0.1, 0.15) is 10.7 Å². The minimum absolute atomic E-state index is 0.0944. The highest BCUT2D eigenvalue weighted by molar-refractivity contribution is 7.99. The van der Waals surface area contributed by atoms with Gasteiger partial charge >= 0.3 is 0 Å². The number of rotatable bonds is 5. The molecule has 2 aromatic rings. The van der Waals surface area contributed by atoms with Crippen LogP contribution in [0.3, 0.4) is 0 Å². The molecule has 0 saturated heterocycles. The standard InChI is InChI=1S/C15H16N4O3S2/c1-10-16-17-15(19(10)11-6-7-11)23-9-8-18-14(20)12-4-2-3-5-13(12)24(18,21)22/h2-5,11H,6-9H2,1H3. The van der Waals surface area contributed by atoms with Gasteiger partial charge in [0.05, 0.1) is 5.56 Å². The van der Waals surface area contributed by atoms with Crippen LogP contribution in [-0.4, -0.2) is 45.7 Å². The summed E-state index contributed by atoms with van der Waals surface area (Å²) in [6.07, 6.45) is 2.25. The number of amides is 1. The third-order valence-electron chi connectivity index (χ3n) is 4.18. The second-order valence-corrected chi connectivity index (χ2v) is 8.75. The predicted molar refractivity (Wildman–Crippen MR) is 88.4 cm³/mol. The Kier molecular flexibility index (Phi) is 3.65. The van der Waals surface area contributed by atoms with Crippen LogP contribution in [0.4, 0.5) is 0 Å². The maximum Gasteiger partial charge on any atom is 0.269 e. The van der Waals surface area contributed by atoms with E-state index in [0.717, 1.165) is 28.1 Å². The Labute approximate surface area is 144 Å². The van der Waals surface area contributed by atoms with E-state index >= 15 is 0 Å². The highest BCUT2D eigenvalue weighted by Gasteiger charge is 2.40. The van der Waals surface area contributed by atoms with Gasteiger partial charge in [-0.1, -0.05) is 23.9 Å². The molecule has 0 atom stereocenters. The van der Waals surface area contributed by atoms with E-state index < -0.39 is 15.9 Å².